The molecule has 0 N–H and O–H groups in total. The first kappa shape index (κ1) is 6.49. The van der Waals surface area contributed by atoms with Crippen LogP contribution in [0.2, 0.25) is 0 Å². The highest BCUT2D eigenvalue weighted by Gasteiger charge is 1.88. The Morgan fingerprint density at radius 3 is 2.67 bits per heavy atom. The molecule has 1 heterocycles. The maximum Gasteiger partial charge on any atom is 0.110 e. The van der Waals surface area contributed by atoms with E-state index >= 15 is 0 Å². The fraction of sp³-hybridized carbons (Fsp3) is 0.286. The average molecular weight is 139 g/mol. The van der Waals surface area contributed by atoms with Crippen LogP contribution in [0.3, 0.4) is 0 Å². The predicted octanol–water partition coefficient (Wildman–Crippen LogP) is 2.43. The van der Waals surface area contributed by atoms with Gasteiger partial charge in [0.15, 0.2) is 0 Å². The molecule has 0 atom stereocenters. The smallest absolute Gasteiger partial charge is 0.110 e. The van der Waals surface area contributed by atoms with Crippen molar-refractivity contribution in [2.75, 3.05) is 0 Å². The van der Waals surface area contributed by atoms with Crippen LogP contribution in [-0.4, -0.2) is 0 Å². The molecule has 9 heavy (non-hydrogen) atoms. The summed E-state index contributed by atoms with van der Waals surface area (Å²) in [5.41, 5.74) is 0. The second-order valence-electron chi connectivity index (χ2n) is 1.90. The number of rotatable bonds is 0. The van der Waals surface area contributed by atoms with Crippen molar-refractivity contribution in [2.45, 2.75) is 13.8 Å². The van der Waals surface area contributed by atoms with E-state index in [1.54, 1.807) is 6.07 Å². The Morgan fingerprint density at radius 2 is 2.22 bits per heavy atom. The second-order valence-corrected chi connectivity index (χ2v) is 2.34. The fourth-order valence-electron chi connectivity index (χ4n) is 0.691. The van der Waals surface area contributed by atoms with Gasteiger partial charge < -0.3 is 4.42 Å². The van der Waals surface area contributed by atoms with Gasteiger partial charge in [-0.15, -0.1) is 0 Å². The van der Waals surface area contributed by atoms with Crippen LogP contribution >= 0.6 is 12.2 Å². The molecule has 0 aliphatic rings. The van der Waals surface area contributed by atoms with E-state index in [0.717, 1.165) is 16.0 Å². The van der Waals surface area contributed by atoms with Crippen LogP contribution in [0.4, 0.5) is 0 Å². The van der Waals surface area contributed by atoms with Crippen molar-refractivity contribution in [3.8, 4) is 0 Å². The van der Waals surface area contributed by atoms with E-state index in [1.165, 1.54) is 0 Å². The molecule has 0 aliphatic carbocycles. The van der Waals surface area contributed by atoms with Crippen LogP contribution in [0.15, 0.2) is 10.5 Å². The van der Waals surface area contributed by atoms with Gasteiger partial charge in [0.1, 0.15) is 11.5 Å². The third kappa shape index (κ3) is 1.64. The lowest BCUT2D eigenvalue weighted by Gasteiger charge is -1.92. The van der Waals surface area contributed by atoms with Gasteiger partial charge in [0, 0.05) is 6.07 Å². The minimum absolute atomic E-state index is 0.719. The SMILES string of the molecule is Cc1[c]c(=S)cc(C)o1. The van der Waals surface area contributed by atoms with Crippen LogP contribution in [-0.2, 0) is 0 Å². The molecule has 1 rings (SSSR count). The van der Waals surface area contributed by atoms with Gasteiger partial charge in [-0.2, -0.15) is 0 Å². The number of aryl methyl sites for hydroxylation is 2. The highest BCUT2D eigenvalue weighted by molar-refractivity contribution is 7.71. The van der Waals surface area contributed by atoms with Crippen molar-refractivity contribution in [1.82, 2.24) is 0 Å². The van der Waals surface area contributed by atoms with E-state index in [9.17, 15) is 0 Å². The van der Waals surface area contributed by atoms with E-state index in [-0.39, 0.29) is 0 Å². The fourth-order valence-corrected chi connectivity index (χ4v) is 1.00. The molecule has 0 bridgehead atoms. The summed E-state index contributed by atoms with van der Waals surface area (Å²) in [6, 6.07) is 4.64. The Labute approximate surface area is 59.3 Å². The van der Waals surface area contributed by atoms with E-state index in [2.05, 4.69) is 6.07 Å². The summed E-state index contributed by atoms with van der Waals surface area (Å²) in [6.07, 6.45) is 0. The molecule has 0 spiro atoms. The van der Waals surface area contributed by atoms with Crippen molar-refractivity contribution in [2.24, 2.45) is 0 Å². The molecule has 0 saturated heterocycles. The maximum absolute atomic E-state index is 5.14. The molecule has 0 unspecified atom stereocenters. The molecular formula is C7H7OS. The van der Waals surface area contributed by atoms with Crippen molar-refractivity contribution in [3.05, 3.63) is 28.2 Å². The quantitative estimate of drug-likeness (QED) is 0.512. The largest absolute Gasteiger partial charge is 0.466 e. The lowest BCUT2D eigenvalue weighted by Crippen LogP contribution is -1.75. The topological polar surface area (TPSA) is 13.1 Å². The second kappa shape index (κ2) is 2.31. The molecule has 1 aromatic heterocycles. The third-order valence-corrected chi connectivity index (χ3v) is 1.17. The highest BCUT2D eigenvalue weighted by atomic mass is 32.1. The number of hydrogen-bond acceptors (Lipinski definition) is 2. The van der Waals surface area contributed by atoms with E-state index in [4.69, 9.17) is 16.6 Å². The Morgan fingerprint density at radius 1 is 1.56 bits per heavy atom. The van der Waals surface area contributed by atoms with Crippen LogP contribution in [0.5, 0.6) is 0 Å². The molecule has 47 valence electrons. The first-order valence-electron chi connectivity index (χ1n) is 2.69. The minimum atomic E-state index is 0.719. The van der Waals surface area contributed by atoms with Crippen LogP contribution in [0, 0.1) is 24.4 Å². The summed E-state index contributed by atoms with van der Waals surface area (Å²) in [5, 5.41) is 0. The van der Waals surface area contributed by atoms with Gasteiger partial charge in [-0.3, -0.25) is 0 Å². The van der Waals surface area contributed by atoms with E-state index in [1.807, 2.05) is 13.8 Å². The molecular weight excluding hydrogens is 132 g/mol. The van der Waals surface area contributed by atoms with E-state index in [0.29, 0.717) is 0 Å². The van der Waals surface area contributed by atoms with Gasteiger partial charge in [-0.1, -0.05) is 12.2 Å². The summed E-state index contributed by atoms with van der Waals surface area (Å²) < 4.78 is 5.85. The van der Waals surface area contributed by atoms with Gasteiger partial charge >= 0.3 is 0 Å². The molecule has 1 radical (unpaired) electrons. The van der Waals surface area contributed by atoms with Crippen molar-refractivity contribution in [3.63, 3.8) is 0 Å². The van der Waals surface area contributed by atoms with Crippen molar-refractivity contribution < 1.29 is 4.42 Å². The molecule has 0 aliphatic heterocycles. The molecule has 0 saturated carbocycles. The zero-order valence-corrected chi connectivity index (χ0v) is 6.21. The molecule has 2 heteroatoms. The highest BCUT2D eigenvalue weighted by Crippen LogP contribution is 2.02. The zero-order chi connectivity index (χ0) is 6.85. The average Bonchev–Trinajstić information content (AvgIpc) is 1.59. The third-order valence-electron chi connectivity index (χ3n) is 0.948. The molecule has 0 aromatic carbocycles. The predicted molar refractivity (Wildman–Crippen MR) is 37.9 cm³/mol. The Kier molecular flexibility index (Phi) is 1.67. The van der Waals surface area contributed by atoms with Gasteiger partial charge in [0.05, 0.1) is 4.51 Å². The molecule has 1 nitrogen and oxygen atoms in total. The van der Waals surface area contributed by atoms with E-state index < -0.39 is 0 Å². The van der Waals surface area contributed by atoms with Crippen molar-refractivity contribution >= 4 is 12.2 Å². The standard InChI is InChI=1S/C7H7OS/c1-5-3-7(9)4-6(2)8-5/h3H,1-2H3. The minimum Gasteiger partial charge on any atom is -0.466 e. The maximum atomic E-state index is 5.14. The van der Waals surface area contributed by atoms with Gasteiger partial charge in [-0.05, 0) is 19.9 Å². The Bertz CT molecular complexity index is 239. The Hall–Kier alpha value is -0.630. The van der Waals surface area contributed by atoms with Crippen LogP contribution < -0.4 is 0 Å². The first-order chi connectivity index (χ1) is 4.18. The molecule has 0 fully saturated rings. The molecule has 1 aromatic rings. The van der Waals surface area contributed by atoms with Gasteiger partial charge in [0.25, 0.3) is 0 Å². The summed E-state index contributed by atoms with van der Waals surface area (Å²) in [7, 11) is 0. The van der Waals surface area contributed by atoms with Crippen molar-refractivity contribution in [1.29, 1.82) is 0 Å². The van der Waals surface area contributed by atoms with Gasteiger partial charge in [-0.25, -0.2) is 0 Å². The number of hydrogen-bond donors (Lipinski definition) is 0. The Balaban J connectivity index is 3.33. The van der Waals surface area contributed by atoms with Crippen LogP contribution in [0.25, 0.3) is 0 Å². The summed E-state index contributed by atoms with van der Waals surface area (Å²) in [6.45, 7) is 3.71. The lowest BCUT2D eigenvalue weighted by atomic mass is 10.4. The first-order valence-corrected chi connectivity index (χ1v) is 3.10. The monoisotopic (exact) mass is 139 g/mol. The summed E-state index contributed by atoms with van der Waals surface area (Å²) in [4.78, 5) is 0. The molecule has 0 amide bonds. The summed E-state index contributed by atoms with van der Waals surface area (Å²) in [5.74, 6) is 1.59. The van der Waals surface area contributed by atoms with Crippen LogP contribution in [0.1, 0.15) is 11.5 Å². The summed E-state index contributed by atoms with van der Waals surface area (Å²) >= 11 is 4.87. The van der Waals surface area contributed by atoms with Gasteiger partial charge in [0.2, 0.25) is 0 Å². The lowest BCUT2D eigenvalue weighted by molar-refractivity contribution is 0.484. The zero-order valence-electron chi connectivity index (χ0n) is 5.39. The normalized spacial score (nSPS) is 9.56.